The molecular formula is C3H10NOP. The predicted octanol–water partition coefficient (Wildman–Crippen LogP) is 0.657. The van der Waals surface area contributed by atoms with Crippen molar-refractivity contribution in [2.75, 3.05) is 6.54 Å². The summed E-state index contributed by atoms with van der Waals surface area (Å²) in [5, 5.41) is 2.73. The third-order valence-corrected chi connectivity index (χ3v) is 0.933. The summed E-state index contributed by atoms with van der Waals surface area (Å²) >= 11 is 0. The zero-order valence-electron chi connectivity index (χ0n) is 3.90. The zero-order valence-corrected chi connectivity index (χ0v) is 5.05. The summed E-state index contributed by atoms with van der Waals surface area (Å²) in [4.78, 5) is 0. The number of hydrogen-bond acceptors (Lipinski definition) is 1. The van der Waals surface area contributed by atoms with E-state index in [4.69, 9.17) is 0 Å². The van der Waals surface area contributed by atoms with Crippen molar-refractivity contribution in [3.05, 3.63) is 0 Å². The Morgan fingerprint density at radius 3 is 2.67 bits per heavy atom. The monoisotopic (exact) mass is 107 g/mol. The lowest BCUT2D eigenvalue weighted by Gasteiger charge is -1.84. The van der Waals surface area contributed by atoms with Gasteiger partial charge in [0.25, 0.3) is 0 Å². The van der Waals surface area contributed by atoms with Crippen LogP contribution in [0.3, 0.4) is 0 Å². The molecule has 0 bridgehead atoms. The molecule has 1 unspecified atom stereocenters. The van der Waals surface area contributed by atoms with Crippen LogP contribution >= 0.6 is 8.61 Å². The molecule has 6 heavy (non-hydrogen) atoms. The molecule has 0 saturated heterocycles. The van der Waals surface area contributed by atoms with E-state index in [2.05, 4.69) is 5.09 Å². The smallest absolute Gasteiger partial charge is 0.124 e. The Balaban J connectivity index is 2.49. The van der Waals surface area contributed by atoms with Crippen LogP contribution in [0.1, 0.15) is 13.3 Å². The molecule has 0 heterocycles. The van der Waals surface area contributed by atoms with Gasteiger partial charge in [0.05, 0.1) is 0 Å². The summed E-state index contributed by atoms with van der Waals surface area (Å²) in [5.74, 6) is 0. The maximum atomic E-state index is 9.66. The molecule has 0 saturated carbocycles. The molecule has 0 aromatic heterocycles. The minimum atomic E-state index is -0.716. The lowest BCUT2D eigenvalue weighted by Crippen LogP contribution is -1.97. The van der Waals surface area contributed by atoms with E-state index in [1.54, 1.807) is 0 Å². The highest BCUT2D eigenvalue weighted by molar-refractivity contribution is 7.21. The first-order valence-corrected chi connectivity index (χ1v) is 3.13. The fourth-order valence-electron chi connectivity index (χ4n) is 0.203. The van der Waals surface area contributed by atoms with Crippen molar-refractivity contribution in [1.82, 2.24) is 5.09 Å². The summed E-state index contributed by atoms with van der Waals surface area (Å²) in [7, 11) is -0.716. The second-order valence-electron chi connectivity index (χ2n) is 1.07. The molecule has 0 fully saturated rings. The van der Waals surface area contributed by atoms with E-state index in [9.17, 15) is 4.57 Å². The summed E-state index contributed by atoms with van der Waals surface area (Å²) < 4.78 is 9.66. The SMILES string of the molecule is CCCN[PH2]=O. The lowest BCUT2D eigenvalue weighted by molar-refractivity contribution is 0.591. The first-order valence-electron chi connectivity index (χ1n) is 2.09. The Hall–Kier alpha value is 0.190. The van der Waals surface area contributed by atoms with Crippen molar-refractivity contribution in [2.45, 2.75) is 13.3 Å². The van der Waals surface area contributed by atoms with Crippen LogP contribution < -0.4 is 5.09 Å². The van der Waals surface area contributed by atoms with Crippen LogP contribution in [0.2, 0.25) is 0 Å². The van der Waals surface area contributed by atoms with Crippen LogP contribution in [0.4, 0.5) is 0 Å². The quantitative estimate of drug-likeness (QED) is 0.424. The maximum Gasteiger partial charge on any atom is 0.124 e. The van der Waals surface area contributed by atoms with Crippen LogP contribution in [0.5, 0.6) is 0 Å². The Kier molecular flexibility index (Phi) is 5.35. The highest BCUT2D eigenvalue weighted by Gasteiger charge is 1.69. The maximum absolute atomic E-state index is 9.66. The molecule has 0 rings (SSSR count). The molecule has 3 heteroatoms. The zero-order chi connectivity index (χ0) is 4.83. The van der Waals surface area contributed by atoms with E-state index in [0.29, 0.717) is 0 Å². The fraction of sp³-hybridized carbons (Fsp3) is 1.00. The number of rotatable bonds is 3. The minimum Gasteiger partial charge on any atom is -0.313 e. The third kappa shape index (κ3) is 4.19. The average Bonchev–Trinajstić information content (AvgIpc) is 1.61. The van der Waals surface area contributed by atoms with E-state index in [-0.39, 0.29) is 0 Å². The van der Waals surface area contributed by atoms with Gasteiger partial charge < -0.3 is 4.57 Å². The van der Waals surface area contributed by atoms with Crippen molar-refractivity contribution in [3.63, 3.8) is 0 Å². The van der Waals surface area contributed by atoms with E-state index >= 15 is 0 Å². The average molecular weight is 107 g/mol. The molecule has 0 aromatic carbocycles. The van der Waals surface area contributed by atoms with Gasteiger partial charge in [-0.25, -0.2) is 0 Å². The molecule has 0 spiro atoms. The van der Waals surface area contributed by atoms with E-state index in [1.807, 2.05) is 6.92 Å². The summed E-state index contributed by atoms with van der Waals surface area (Å²) in [6, 6.07) is 0. The van der Waals surface area contributed by atoms with Gasteiger partial charge in [0.15, 0.2) is 0 Å². The summed E-state index contributed by atoms with van der Waals surface area (Å²) in [6.07, 6.45) is 1.06. The summed E-state index contributed by atoms with van der Waals surface area (Å²) in [6.45, 7) is 2.93. The van der Waals surface area contributed by atoms with Gasteiger partial charge in [0, 0.05) is 6.54 Å². The molecule has 0 aliphatic rings. The second kappa shape index (κ2) is 5.19. The molecule has 0 amide bonds. The fourth-order valence-corrected chi connectivity index (χ4v) is 0.610. The highest BCUT2D eigenvalue weighted by Crippen LogP contribution is 1.79. The summed E-state index contributed by atoms with van der Waals surface area (Å²) in [5.41, 5.74) is 0. The molecule has 1 N–H and O–H groups in total. The molecule has 0 aliphatic carbocycles. The Bertz CT molecular complexity index is 39.8. The topological polar surface area (TPSA) is 29.1 Å². The van der Waals surface area contributed by atoms with E-state index in [1.165, 1.54) is 0 Å². The largest absolute Gasteiger partial charge is 0.313 e. The van der Waals surface area contributed by atoms with Crippen LogP contribution in [-0.2, 0) is 4.57 Å². The van der Waals surface area contributed by atoms with Crippen LogP contribution in [0.15, 0.2) is 0 Å². The highest BCUT2D eigenvalue weighted by atomic mass is 31.1. The molecule has 2 nitrogen and oxygen atoms in total. The third-order valence-electron chi connectivity index (χ3n) is 0.478. The van der Waals surface area contributed by atoms with Gasteiger partial charge >= 0.3 is 0 Å². The van der Waals surface area contributed by atoms with Gasteiger partial charge in [0.1, 0.15) is 8.61 Å². The first kappa shape index (κ1) is 6.19. The minimum absolute atomic E-state index is 0.716. The van der Waals surface area contributed by atoms with Crippen molar-refractivity contribution in [1.29, 1.82) is 0 Å². The predicted molar refractivity (Wildman–Crippen MR) is 28.7 cm³/mol. The van der Waals surface area contributed by atoms with Crippen molar-refractivity contribution in [3.8, 4) is 0 Å². The van der Waals surface area contributed by atoms with Gasteiger partial charge in [-0.15, -0.1) is 0 Å². The van der Waals surface area contributed by atoms with E-state index in [0.717, 1.165) is 13.0 Å². The Morgan fingerprint density at radius 2 is 2.50 bits per heavy atom. The van der Waals surface area contributed by atoms with Gasteiger partial charge in [0.2, 0.25) is 0 Å². The van der Waals surface area contributed by atoms with Crippen LogP contribution in [0.25, 0.3) is 0 Å². The van der Waals surface area contributed by atoms with Crippen molar-refractivity contribution >= 4 is 8.61 Å². The second-order valence-corrected chi connectivity index (χ2v) is 1.72. The van der Waals surface area contributed by atoms with Crippen LogP contribution in [0, 0.1) is 0 Å². The van der Waals surface area contributed by atoms with Gasteiger partial charge in [-0.2, -0.15) is 0 Å². The molecule has 0 radical (unpaired) electrons. The molecular weight excluding hydrogens is 97.0 g/mol. The lowest BCUT2D eigenvalue weighted by atomic mass is 10.5. The molecule has 1 atom stereocenters. The van der Waals surface area contributed by atoms with Gasteiger partial charge in [-0.1, -0.05) is 6.92 Å². The number of nitrogens with one attached hydrogen (secondary N) is 1. The van der Waals surface area contributed by atoms with Gasteiger partial charge in [-0.3, -0.25) is 5.09 Å². The molecule has 38 valence electrons. The Morgan fingerprint density at radius 1 is 1.83 bits per heavy atom. The van der Waals surface area contributed by atoms with Gasteiger partial charge in [-0.05, 0) is 6.42 Å². The normalized spacial score (nSPS) is 10.8. The number of hydrogen-bond donors (Lipinski definition) is 1. The molecule has 0 aromatic rings. The standard InChI is InChI=1S/C3H10NOP/c1-2-3-4-6-5/h2-3,6H2,1H3,(H,4,5). The van der Waals surface area contributed by atoms with Crippen LogP contribution in [-0.4, -0.2) is 6.54 Å². The Labute approximate surface area is 39.2 Å². The van der Waals surface area contributed by atoms with E-state index < -0.39 is 8.61 Å². The molecule has 0 aliphatic heterocycles. The van der Waals surface area contributed by atoms with Crippen molar-refractivity contribution < 1.29 is 4.57 Å². The van der Waals surface area contributed by atoms with Crippen molar-refractivity contribution in [2.24, 2.45) is 0 Å². The first-order chi connectivity index (χ1) is 2.91.